The van der Waals surface area contributed by atoms with Crippen LogP contribution in [0.3, 0.4) is 0 Å². The molecule has 0 aliphatic carbocycles. The Balaban J connectivity index is 1.72. The fourth-order valence-corrected chi connectivity index (χ4v) is 4.05. The molecular formula is C24H20FN3O3S. The normalized spacial score (nSPS) is 11.7. The van der Waals surface area contributed by atoms with Gasteiger partial charge >= 0.3 is 0 Å². The lowest BCUT2D eigenvalue weighted by atomic mass is 10.0. The minimum atomic E-state index is -1.03. The molecule has 0 unspecified atom stereocenters. The van der Waals surface area contributed by atoms with E-state index in [0.29, 0.717) is 17.0 Å². The van der Waals surface area contributed by atoms with Crippen molar-refractivity contribution in [3.63, 3.8) is 0 Å². The van der Waals surface area contributed by atoms with Crippen LogP contribution in [-0.4, -0.2) is 16.8 Å². The maximum absolute atomic E-state index is 14.1. The van der Waals surface area contributed by atoms with Crippen LogP contribution in [-0.2, 0) is 22.6 Å². The summed E-state index contributed by atoms with van der Waals surface area (Å²) in [5.41, 5.74) is 0.849. The fourth-order valence-electron chi connectivity index (χ4n) is 3.36. The summed E-state index contributed by atoms with van der Waals surface area (Å²) in [5, 5.41) is 4.70. The Labute approximate surface area is 188 Å². The van der Waals surface area contributed by atoms with Gasteiger partial charge in [0.1, 0.15) is 17.6 Å². The highest BCUT2D eigenvalue weighted by molar-refractivity contribution is 7.10. The quantitative estimate of drug-likeness (QED) is 0.430. The largest absolute Gasteiger partial charge is 0.467 e. The highest BCUT2D eigenvalue weighted by atomic mass is 32.1. The van der Waals surface area contributed by atoms with Crippen LogP contribution >= 0.6 is 11.3 Å². The third-order valence-electron chi connectivity index (χ3n) is 4.81. The maximum Gasteiger partial charge on any atom is 0.248 e. The molecule has 0 radical (unpaired) electrons. The van der Waals surface area contributed by atoms with E-state index in [1.54, 1.807) is 42.7 Å². The van der Waals surface area contributed by atoms with E-state index in [1.807, 2.05) is 17.5 Å². The van der Waals surface area contributed by atoms with Crippen LogP contribution in [0.4, 0.5) is 10.1 Å². The van der Waals surface area contributed by atoms with Gasteiger partial charge in [-0.25, -0.2) is 4.39 Å². The zero-order valence-corrected chi connectivity index (χ0v) is 17.8. The first-order valence-electron chi connectivity index (χ1n) is 9.92. The molecular weight excluding hydrogens is 429 g/mol. The van der Waals surface area contributed by atoms with E-state index in [9.17, 15) is 14.0 Å². The molecule has 0 saturated carbocycles. The molecule has 0 spiro atoms. The molecule has 162 valence electrons. The van der Waals surface area contributed by atoms with Crippen LogP contribution in [0.1, 0.15) is 22.2 Å². The second-order valence-electron chi connectivity index (χ2n) is 6.98. The number of benzene rings is 1. The second kappa shape index (κ2) is 10.0. The molecule has 6 nitrogen and oxygen atoms in total. The molecule has 3 heterocycles. The third-order valence-corrected chi connectivity index (χ3v) is 5.68. The number of halogens is 1. The average Bonchev–Trinajstić information content (AvgIpc) is 3.50. The minimum Gasteiger partial charge on any atom is -0.467 e. The number of aromatic nitrogens is 1. The van der Waals surface area contributed by atoms with Gasteiger partial charge in [-0.15, -0.1) is 11.3 Å². The molecule has 0 fully saturated rings. The monoisotopic (exact) mass is 449 g/mol. The maximum atomic E-state index is 14.1. The van der Waals surface area contributed by atoms with E-state index in [-0.39, 0.29) is 18.9 Å². The Morgan fingerprint density at radius 2 is 1.94 bits per heavy atom. The van der Waals surface area contributed by atoms with Crippen LogP contribution < -0.4 is 10.2 Å². The molecule has 0 aliphatic heterocycles. The van der Waals surface area contributed by atoms with Crippen molar-refractivity contribution in [1.82, 2.24) is 10.3 Å². The molecule has 1 N–H and O–H groups in total. The first-order chi connectivity index (χ1) is 15.6. The molecule has 8 heteroatoms. The van der Waals surface area contributed by atoms with Crippen molar-refractivity contribution >= 4 is 28.8 Å². The first-order valence-corrected chi connectivity index (χ1v) is 10.8. The summed E-state index contributed by atoms with van der Waals surface area (Å²) in [6.07, 6.45) is 4.71. The number of nitrogens with zero attached hydrogens (tertiary/aromatic N) is 2. The Bertz CT molecular complexity index is 1160. The number of carbonyl (C=O) groups excluding carboxylic acids is 2. The van der Waals surface area contributed by atoms with Gasteiger partial charge < -0.3 is 9.73 Å². The molecule has 3 aromatic heterocycles. The fraction of sp³-hybridized carbons (Fsp3) is 0.125. The summed E-state index contributed by atoms with van der Waals surface area (Å²) >= 11 is 1.45. The predicted molar refractivity (Wildman–Crippen MR) is 119 cm³/mol. The van der Waals surface area contributed by atoms with E-state index in [4.69, 9.17) is 4.42 Å². The van der Waals surface area contributed by atoms with Gasteiger partial charge in [0, 0.05) is 23.0 Å². The summed E-state index contributed by atoms with van der Waals surface area (Å²) in [5.74, 6) is -0.667. The zero-order chi connectivity index (χ0) is 22.3. The molecule has 0 saturated heterocycles. The van der Waals surface area contributed by atoms with E-state index in [1.165, 1.54) is 40.7 Å². The molecule has 1 atom stereocenters. The van der Waals surface area contributed by atoms with Crippen LogP contribution in [0.5, 0.6) is 0 Å². The summed E-state index contributed by atoms with van der Waals surface area (Å²) in [7, 11) is 0. The SMILES string of the molecule is O=C(NCc1ccco1)[C@@H](c1ccncc1)N(C(=O)Cc1cccs1)c1cccc(F)c1. The Morgan fingerprint density at radius 1 is 1.09 bits per heavy atom. The summed E-state index contributed by atoms with van der Waals surface area (Å²) < 4.78 is 19.4. The van der Waals surface area contributed by atoms with Crippen molar-refractivity contribution < 1.29 is 18.4 Å². The highest BCUT2D eigenvalue weighted by Crippen LogP contribution is 2.29. The number of rotatable bonds is 8. The van der Waals surface area contributed by atoms with Gasteiger partial charge in [-0.05, 0) is 59.5 Å². The zero-order valence-electron chi connectivity index (χ0n) is 17.0. The van der Waals surface area contributed by atoms with Gasteiger partial charge in [-0.3, -0.25) is 19.5 Å². The summed E-state index contributed by atoms with van der Waals surface area (Å²) in [6, 6.07) is 15.2. The molecule has 1 aromatic carbocycles. The number of pyridine rings is 1. The number of amides is 2. The predicted octanol–water partition coefficient (Wildman–Crippen LogP) is 4.51. The van der Waals surface area contributed by atoms with Crippen LogP contribution in [0, 0.1) is 5.82 Å². The Hall–Kier alpha value is -3.78. The van der Waals surface area contributed by atoms with E-state index >= 15 is 0 Å². The van der Waals surface area contributed by atoms with E-state index in [0.717, 1.165) is 4.88 Å². The Morgan fingerprint density at radius 3 is 2.62 bits per heavy atom. The second-order valence-corrected chi connectivity index (χ2v) is 8.01. The number of furan rings is 1. The van der Waals surface area contributed by atoms with Gasteiger partial charge in [-0.1, -0.05) is 12.1 Å². The van der Waals surface area contributed by atoms with Crippen molar-refractivity contribution in [3.05, 3.63) is 107 Å². The summed E-state index contributed by atoms with van der Waals surface area (Å²) in [6.45, 7) is 0.156. The smallest absolute Gasteiger partial charge is 0.248 e. The average molecular weight is 450 g/mol. The molecule has 4 rings (SSSR count). The van der Waals surface area contributed by atoms with Gasteiger partial charge in [0.25, 0.3) is 0 Å². The van der Waals surface area contributed by atoms with Crippen LogP contribution in [0.15, 0.2) is 89.1 Å². The van der Waals surface area contributed by atoms with Crippen molar-refractivity contribution in [2.24, 2.45) is 0 Å². The lowest BCUT2D eigenvalue weighted by molar-refractivity contribution is -0.126. The van der Waals surface area contributed by atoms with Crippen molar-refractivity contribution in [2.75, 3.05) is 4.90 Å². The lowest BCUT2D eigenvalue weighted by Crippen LogP contribution is -2.44. The molecule has 32 heavy (non-hydrogen) atoms. The van der Waals surface area contributed by atoms with Gasteiger partial charge in [0.15, 0.2) is 0 Å². The van der Waals surface area contributed by atoms with Crippen molar-refractivity contribution in [3.8, 4) is 0 Å². The van der Waals surface area contributed by atoms with E-state index < -0.39 is 17.8 Å². The molecule has 0 bridgehead atoms. The minimum absolute atomic E-state index is 0.0846. The summed E-state index contributed by atoms with van der Waals surface area (Å²) in [4.78, 5) is 33.1. The standard InChI is InChI=1S/C24H20FN3O3S/c25-18-4-1-5-19(14-18)28(22(29)15-21-7-3-13-32-21)23(17-8-10-26-11-9-17)24(30)27-16-20-6-2-12-31-20/h1-14,23H,15-16H2,(H,27,30)/t23-/m1/s1. The third kappa shape index (κ3) is 5.09. The lowest BCUT2D eigenvalue weighted by Gasteiger charge is -2.31. The number of hydrogen-bond acceptors (Lipinski definition) is 5. The van der Waals surface area contributed by atoms with Gasteiger partial charge in [0.2, 0.25) is 11.8 Å². The highest BCUT2D eigenvalue weighted by Gasteiger charge is 2.33. The van der Waals surface area contributed by atoms with Crippen molar-refractivity contribution in [1.29, 1.82) is 0 Å². The van der Waals surface area contributed by atoms with Gasteiger partial charge in [0.05, 0.1) is 19.2 Å². The van der Waals surface area contributed by atoms with Crippen LogP contribution in [0.2, 0.25) is 0 Å². The molecule has 4 aromatic rings. The first kappa shape index (κ1) is 21.5. The van der Waals surface area contributed by atoms with Gasteiger partial charge in [-0.2, -0.15) is 0 Å². The van der Waals surface area contributed by atoms with Crippen LogP contribution in [0.25, 0.3) is 0 Å². The number of nitrogens with one attached hydrogen (secondary N) is 1. The molecule has 0 aliphatic rings. The number of carbonyl (C=O) groups is 2. The topological polar surface area (TPSA) is 75.4 Å². The number of thiophene rings is 1. The molecule has 2 amide bonds. The van der Waals surface area contributed by atoms with E-state index in [2.05, 4.69) is 10.3 Å². The number of anilines is 1. The number of hydrogen-bond donors (Lipinski definition) is 1. The Kier molecular flexibility index (Phi) is 6.72. The van der Waals surface area contributed by atoms with Crippen molar-refractivity contribution in [2.45, 2.75) is 19.0 Å².